The molecular formula is C15H21F3N2O. The molecule has 6 heteroatoms. The van der Waals surface area contributed by atoms with Gasteiger partial charge < -0.3 is 10.4 Å². The van der Waals surface area contributed by atoms with Crippen LogP contribution in [0.1, 0.15) is 29.2 Å². The van der Waals surface area contributed by atoms with Gasteiger partial charge in [0.1, 0.15) is 5.75 Å². The highest BCUT2D eigenvalue weighted by molar-refractivity contribution is 5.42. The normalized spacial score (nSPS) is 18.7. The molecule has 1 aromatic carbocycles. The van der Waals surface area contributed by atoms with Crippen molar-refractivity contribution in [1.82, 2.24) is 10.2 Å². The summed E-state index contributed by atoms with van der Waals surface area (Å²) in [7, 11) is 0. The molecule has 0 spiro atoms. The van der Waals surface area contributed by atoms with E-state index in [4.69, 9.17) is 0 Å². The fourth-order valence-electron chi connectivity index (χ4n) is 3.10. The lowest BCUT2D eigenvalue weighted by Crippen LogP contribution is -2.46. The molecule has 0 unspecified atom stereocenters. The highest BCUT2D eigenvalue weighted by Crippen LogP contribution is 2.38. The molecule has 2 rings (SSSR count). The van der Waals surface area contributed by atoms with E-state index in [1.165, 1.54) is 12.1 Å². The van der Waals surface area contributed by atoms with Gasteiger partial charge in [-0.3, -0.25) is 4.90 Å². The topological polar surface area (TPSA) is 35.5 Å². The smallest absolute Gasteiger partial charge is 0.390 e. The molecule has 2 N–H and O–H groups in total. The zero-order valence-electron chi connectivity index (χ0n) is 12.3. The van der Waals surface area contributed by atoms with Gasteiger partial charge in [-0.25, -0.2) is 0 Å². The van der Waals surface area contributed by atoms with Crippen molar-refractivity contribution in [3.05, 3.63) is 28.8 Å². The number of rotatable bonds is 3. The average molecular weight is 302 g/mol. The number of aryl methyl sites for hydroxylation is 2. The van der Waals surface area contributed by atoms with E-state index in [1.807, 2.05) is 4.90 Å². The molecular weight excluding hydrogens is 281 g/mol. The third kappa shape index (κ3) is 4.11. The quantitative estimate of drug-likeness (QED) is 0.901. The van der Waals surface area contributed by atoms with E-state index in [-0.39, 0.29) is 5.75 Å². The summed E-state index contributed by atoms with van der Waals surface area (Å²) < 4.78 is 39.0. The molecule has 0 radical (unpaired) electrons. The molecule has 0 saturated carbocycles. The molecule has 0 aliphatic carbocycles. The van der Waals surface area contributed by atoms with Gasteiger partial charge in [0.15, 0.2) is 0 Å². The number of hydrogen-bond donors (Lipinski definition) is 2. The van der Waals surface area contributed by atoms with E-state index >= 15 is 0 Å². The Morgan fingerprint density at radius 2 is 1.71 bits per heavy atom. The standard InChI is InChI=1S/C15H21F3N2O/c1-10-7-12(21)8-11(2)14(10)13(9-15(16,17)18)20-5-3-19-4-6-20/h7-8,13,19,21H,3-6,9H2,1-2H3/t13-/m0/s1. The molecule has 1 saturated heterocycles. The second-order valence-corrected chi connectivity index (χ2v) is 5.61. The van der Waals surface area contributed by atoms with Gasteiger partial charge in [-0.05, 0) is 42.7 Å². The van der Waals surface area contributed by atoms with E-state index < -0.39 is 18.6 Å². The van der Waals surface area contributed by atoms with E-state index in [1.54, 1.807) is 13.8 Å². The van der Waals surface area contributed by atoms with Crippen LogP contribution in [0.25, 0.3) is 0 Å². The second kappa shape index (κ2) is 6.23. The molecule has 1 atom stereocenters. The lowest BCUT2D eigenvalue weighted by atomic mass is 9.92. The molecule has 118 valence electrons. The van der Waals surface area contributed by atoms with Crippen molar-refractivity contribution in [3.63, 3.8) is 0 Å². The predicted octanol–water partition coefficient (Wildman–Crippen LogP) is 2.91. The van der Waals surface area contributed by atoms with Gasteiger partial charge in [0.2, 0.25) is 0 Å². The Bertz CT molecular complexity index is 473. The van der Waals surface area contributed by atoms with E-state index in [2.05, 4.69) is 5.32 Å². The fraction of sp³-hybridized carbons (Fsp3) is 0.600. The minimum atomic E-state index is -4.22. The monoisotopic (exact) mass is 302 g/mol. The zero-order valence-corrected chi connectivity index (χ0v) is 12.3. The second-order valence-electron chi connectivity index (χ2n) is 5.61. The highest BCUT2D eigenvalue weighted by Gasteiger charge is 2.37. The first-order valence-corrected chi connectivity index (χ1v) is 7.09. The number of alkyl halides is 3. The van der Waals surface area contributed by atoms with Crippen molar-refractivity contribution in [2.75, 3.05) is 26.2 Å². The summed E-state index contributed by atoms with van der Waals surface area (Å²) in [5, 5.41) is 12.8. The summed E-state index contributed by atoms with van der Waals surface area (Å²) in [6.45, 7) is 6.11. The number of aromatic hydroxyl groups is 1. The highest BCUT2D eigenvalue weighted by atomic mass is 19.4. The van der Waals surface area contributed by atoms with Crippen molar-refractivity contribution in [2.45, 2.75) is 32.5 Å². The summed E-state index contributed by atoms with van der Waals surface area (Å²) >= 11 is 0. The van der Waals surface area contributed by atoms with Crippen molar-refractivity contribution >= 4 is 0 Å². The average Bonchev–Trinajstić information content (AvgIpc) is 2.36. The maximum Gasteiger partial charge on any atom is 0.390 e. The lowest BCUT2D eigenvalue weighted by Gasteiger charge is -2.37. The number of hydrogen-bond acceptors (Lipinski definition) is 3. The number of phenolic OH excluding ortho intramolecular Hbond substituents is 1. The lowest BCUT2D eigenvalue weighted by molar-refractivity contribution is -0.148. The maximum absolute atomic E-state index is 13.0. The van der Waals surface area contributed by atoms with Crippen molar-refractivity contribution < 1.29 is 18.3 Å². The third-order valence-electron chi connectivity index (χ3n) is 3.93. The van der Waals surface area contributed by atoms with Gasteiger partial charge in [0, 0.05) is 32.2 Å². The minimum Gasteiger partial charge on any atom is -0.508 e. The van der Waals surface area contributed by atoms with Crippen molar-refractivity contribution in [3.8, 4) is 5.75 Å². The van der Waals surface area contributed by atoms with Crippen molar-refractivity contribution in [1.29, 1.82) is 0 Å². The zero-order chi connectivity index (χ0) is 15.6. The Morgan fingerprint density at radius 1 is 1.19 bits per heavy atom. The van der Waals surface area contributed by atoms with Gasteiger partial charge in [-0.15, -0.1) is 0 Å². The number of halogens is 3. The fourth-order valence-corrected chi connectivity index (χ4v) is 3.10. The van der Waals surface area contributed by atoms with Crippen LogP contribution in [0.15, 0.2) is 12.1 Å². The van der Waals surface area contributed by atoms with Gasteiger partial charge in [-0.1, -0.05) is 0 Å². The van der Waals surface area contributed by atoms with Gasteiger partial charge in [0.25, 0.3) is 0 Å². The first-order chi connectivity index (χ1) is 9.78. The molecule has 0 bridgehead atoms. The van der Waals surface area contributed by atoms with Crippen molar-refractivity contribution in [2.24, 2.45) is 0 Å². The van der Waals surface area contributed by atoms with E-state index in [0.29, 0.717) is 42.9 Å². The number of nitrogens with one attached hydrogen (secondary N) is 1. The first-order valence-electron chi connectivity index (χ1n) is 7.09. The van der Waals surface area contributed by atoms with Crippen LogP contribution in [0, 0.1) is 13.8 Å². The van der Waals surface area contributed by atoms with Gasteiger partial charge in [0.05, 0.1) is 6.42 Å². The number of piperazine rings is 1. The Balaban J connectivity index is 2.39. The number of benzene rings is 1. The maximum atomic E-state index is 13.0. The molecule has 21 heavy (non-hydrogen) atoms. The Kier molecular flexibility index (Phi) is 4.78. The summed E-state index contributed by atoms with van der Waals surface area (Å²) in [6.07, 6.45) is -5.08. The Hall–Kier alpha value is -1.27. The minimum absolute atomic E-state index is 0.0971. The molecule has 0 amide bonds. The van der Waals surface area contributed by atoms with Crippen LogP contribution in [0.5, 0.6) is 5.75 Å². The molecule has 0 aromatic heterocycles. The van der Waals surface area contributed by atoms with Crippen LogP contribution < -0.4 is 5.32 Å². The number of phenols is 1. The van der Waals surface area contributed by atoms with Crippen LogP contribution in [0.4, 0.5) is 13.2 Å². The summed E-state index contributed by atoms with van der Waals surface area (Å²) in [5.41, 5.74) is 2.10. The SMILES string of the molecule is Cc1cc(O)cc(C)c1[C@H](CC(F)(F)F)N1CCNCC1. The summed E-state index contributed by atoms with van der Waals surface area (Å²) in [5.74, 6) is 0.0971. The molecule has 1 fully saturated rings. The van der Waals surface area contributed by atoms with E-state index in [0.717, 1.165) is 0 Å². The van der Waals surface area contributed by atoms with Crippen LogP contribution in [-0.4, -0.2) is 42.4 Å². The van der Waals surface area contributed by atoms with Crippen LogP contribution in [-0.2, 0) is 0 Å². The summed E-state index contributed by atoms with van der Waals surface area (Å²) in [6, 6.07) is 2.38. The van der Waals surface area contributed by atoms with Gasteiger partial charge >= 0.3 is 6.18 Å². The van der Waals surface area contributed by atoms with Crippen LogP contribution in [0.2, 0.25) is 0 Å². The Labute approximate surface area is 122 Å². The molecule has 1 aliphatic rings. The van der Waals surface area contributed by atoms with Crippen LogP contribution in [0.3, 0.4) is 0 Å². The van der Waals surface area contributed by atoms with Crippen LogP contribution >= 0.6 is 0 Å². The van der Waals surface area contributed by atoms with Gasteiger partial charge in [-0.2, -0.15) is 13.2 Å². The Morgan fingerprint density at radius 3 is 2.19 bits per heavy atom. The predicted molar refractivity (Wildman–Crippen MR) is 75.4 cm³/mol. The first kappa shape index (κ1) is 16.1. The van der Waals surface area contributed by atoms with E-state index in [9.17, 15) is 18.3 Å². The molecule has 1 heterocycles. The molecule has 3 nitrogen and oxygen atoms in total. The number of nitrogens with zero attached hydrogens (tertiary/aromatic N) is 1. The molecule has 1 aliphatic heterocycles. The third-order valence-corrected chi connectivity index (χ3v) is 3.93. The summed E-state index contributed by atoms with van der Waals surface area (Å²) in [4.78, 5) is 1.89. The largest absolute Gasteiger partial charge is 0.508 e. The molecule has 1 aromatic rings.